The Balaban J connectivity index is 1.99. The van der Waals surface area contributed by atoms with E-state index < -0.39 is 0 Å². The highest BCUT2D eigenvalue weighted by atomic mass is 16.2. The zero-order chi connectivity index (χ0) is 11.8. The van der Waals surface area contributed by atoms with E-state index >= 15 is 0 Å². The summed E-state index contributed by atoms with van der Waals surface area (Å²) in [5.74, 6) is -0.0631. The van der Waals surface area contributed by atoms with Crippen LogP contribution in [-0.4, -0.2) is 22.6 Å². The van der Waals surface area contributed by atoms with E-state index in [2.05, 4.69) is 10.2 Å². The van der Waals surface area contributed by atoms with Gasteiger partial charge in [-0.05, 0) is 24.6 Å². The molecular formula is C12H12N4O. The van der Waals surface area contributed by atoms with Gasteiger partial charge in [0.05, 0.1) is 0 Å². The van der Waals surface area contributed by atoms with Gasteiger partial charge in [0, 0.05) is 29.7 Å². The van der Waals surface area contributed by atoms with E-state index in [1.807, 2.05) is 18.2 Å². The predicted octanol–water partition coefficient (Wildman–Crippen LogP) is 1.19. The van der Waals surface area contributed by atoms with Gasteiger partial charge in [0.1, 0.15) is 5.69 Å². The number of aromatic nitrogens is 2. The van der Waals surface area contributed by atoms with Crippen LogP contribution >= 0.6 is 0 Å². The van der Waals surface area contributed by atoms with Crippen molar-refractivity contribution >= 4 is 17.3 Å². The van der Waals surface area contributed by atoms with Gasteiger partial charge in [-0.15, -0.1) is 0 Å². The first kappa shape index (κ1) is 9.89. The van der Waals surface area contributed by atoms with E-state index in [9.17, 15) is 4.79 Å². The number of fused-ring (bicyclic) bond motifs is 1. The molecule has 0 atom stereocenters. The molecule has 0 unspecified atom stereocenters. The first-order chi connectivity index (χ1) is 8.27. The van der Waals surface area contributed by atoms with Crippen molar-refractivity contribution in [1.29, 1.82) is 0 Å². The first-order valence-corrected chi connectivity index (χ1v) is 5.46. The summed E-state index contributed by atoms with van der Waals surface area (Å²) < 4.78 is 0. The molecule has 17 heavy (non-hydrogen) atoms. The topological polar surface area (TPSA) is 75.0 Å². The summed E-state index contributed by atoms with van der Waals surface area (Å²) in [4.78, 5) is 13.9. The van der Waals surface area contributed by atoms with Gasteiger partial charge in [-0.1, -0.05) is 6.07 Å². The average Bonchev–Trinajstić information content (AvgIpc) is 2.98. The van der Waals surface area contributed by atoms with Gasteiger partial charge in [-0.25, -0.2) is 0 Å². The number of amides is 1. The van der Waals surface area contributed by atoms with Gasteiger partial charge in [-0.3, -0.25) is 9.89 Å². The minimum Gasteiger partial charge on any atom is -0.398 e. The molecule has 0 saturated carbocycles. The third-order valence-corrected chi connectivity index (χ3v) is 3.04. The third kappa shape index (κ3) is 1.47. The van der Waals surface area contributed by atoms with Gasteiger partial charge >= 0.3 is 0 Å². The highest BCUT2D eigenvalue weighted by molar-refractivity contribution is 6.06. The molecule has 3 rings (SSSR count). The number of H-pyrrole nitrogens is 1. The molecule has 0 spiro atoms. The zero-order valence-electron chi connectivity index (χ0n) is 9.18. The number of benzene rings is 1. The normalized spacial score (nSPS) is 13.8. The van der Waals surface area contributed by atoms with Crippen LogP contribution in [0.5, 0.6) is 0 Å². The van der Waals surface area contributed by atoms with Gasteiger partial charge in [0.25, 0.3) is 5.91 Å². The Hall–Kier alpha value is -2.30. The Bertz CT molecular complexity index is 562. The quantitative estimate of drug-likeness (QED) is 0.720. The smallest absolute Gasteiger partial charge is 0.276 e. The molecule has 86 valence electrons. The lowest BCUT2D eigenvalue weighted by Gasteiger charge is -2.16. The van der Waals surface area contributed by atoms with Crippen molar-refractivity contribution in [1.82, 2.24) is 10.2 Å². The van der Waals surface area contributed by atoms with E-state index in [4.69, 9.17) is 5.73 Å². The molecule has 2 aromatic rings. The number of hydrogen-bond donors (Lipinski definition) is 2. The van der Waals surface area contributed by atoms with E-state index in [0.717, 1.165) is 23.4 Å². The summed E-state index contributed by atoms with van der Waals surface area (Å²) in [7, 11) is 0. The number of carbonyl (C=O) groups is 1. The van der Waals surface area contributed by atoms with Crippen LogP contribution in [0.15, 0.2) is 30.5 Å². The number of nitrogens with two attached hydrogens (primary N) is 1. The highest BCUT2D eigenvalue weighted by Gasteiger charge is 2.27. The van der Waals surface area contributed by atoms with Crippen LogP contribution in [0, 0.1) is 0 Å². The first-order valence-electron chi connectivity index (χ1n) is 5.46. The summed E-state index contributed by atoms with van der Waals surface area (Å²) in [5, 5.41) is 6.48. The van der Waals surface area contributed by atoms with Gasteiger partial charge in [0.15, 0.2) is 0 Å². The molecule has 0 radical (unpaired) electrons. The molecule has 1 aliphatic heterocycles. The maximum atomic E-state index is 12.2. The fourth-order valence-corrected chi connectivity index (χ4v) is 2.19. The Labute approximate surface area is 98.2 Å². The Morgan fingerprint density at radius 3 is 3.06 bits per heavy atom. The third-order valence-electron chi connectivity index (χ3n) is 3.04. The lowest BCUT2D eigenvalue weighted by Crippen LogP contribution is -2.29. The van der Waals surface area contributed by atoms with Crippen LogP contribution in [-0.2, 0) is 6.42 Å². The number of nitrogens with one attached hydrogen (secondary N) is 1. The lowest BCUT2D eigenvalue weighted by molar-refractivity contribution is 0.0984. The van der Waals surface area contributed by atoms with Crippen molar-refractivity contribution in [2.45, 2.75) is 6.42 Å². The Morgan fingerprint density at radius 2 is 2.29 bits per heavy atom. The fraction of sp³-hybridized carbons (Fsp3) is 0.167. The van der Waals surface area contributed by atoms with Crippen LogP contribution < -0.4 is 10.6 Å². The molecule has 0 saturated heterocycles. The van der Waals surface area contributed by atoms with Gasteiger partial charge in [0.2, 0.25) is 0 Å². The number of anilines is 2. The van der Waals surface area contributed by atoms with E-state index in [-0.39, 0.29) is 5.91 Å². The summed E-state index contributed by atoms with van der Waals surface area (Å²) in [5.41, 5.74) is 9.11. The predicted molar refractivity (Wildman–Crippen MR) is 64.8 cm³/mol. The minimum absolute atomic E-state index is 0.0631. The second kappa shape index (κ2) is 3.62. The van der Waals surface area contributed by atoms with Crippen LogP contribution in [0.2, 0.25) is 0 Å². The molecule has 0 fully saturated rings. The van der Waals surface area contributed by atoms with E-state index in [1.54, 1.807) is 17.2 Å². The second-order valence-corrected chi connectivity index (χ2v) is 4.02. The molecule has 5 nitrogen and oxygen atoms in total. The highest BCUT2D eigenvalue weighted by Crippen LogP contribution is 2.32. The number of aromatic amines is 1. The molecule has 1 aliphatic rings. The summed E-state index contributed by atoms with van der Waals surface area (Å²) in [6.45, 7) is 0.668. The lowest BCUT2D eigenvalue weighted by atomic mass is 10.1. The van der Waals surface area contributed by atoms with Crippen molar-refractivity contribution in [2.75, 3.05) is 17.2 Å². The molecule has 1 amide bonds. The van der Waals surface area contributed by atoms with Crippen molar-refractivity contribution in [2.24, 2.45) is 0 Å². The molecule has 1 aromatic heterocycles. The largest absolute Gasteiger partial charge is 0.398 e. The number of carbonyl (C=O) groups excluding carboxylic acids is 1. The molecule has 2 heterocycles. The monoisotopic (exact) mass is 228 g/mol. The van der Waals surface area contributed by atoms with Crippen molar-refractivity contribution < 1.29 is 4.79 Å². The maximum absolute atomic E-state index is 12.2. The minimum atomic E-state index is -0.0631. The number of rotatable bonds is 1. The molecule has 0 bridgehead atoms. The summed E-state index contributed by atoms with van der Waals surface area (Å²) in [6, 6.07) is 7.33. The number of nitrogens with zero attached hydrogens (tertiary/aromatic N) is 2. The average molecular weight is 228 g/mol. The van der Waals surface area contributed by atoms with E-state index in [0.29, 0.717) is 12.2 Å². The Kier molecular flexibility index (Phi) is 2.11. The Morgan fingerprint density at radius 1 is 1.41 bits per heavy atom. The summed E-state index contributed by atoms with van der Waals surface area (Å²) >= 11 is 0. The molecule has 5 heteroatoms. The van der Waals surface area contributed by atoms with Crippen LogP contribution in [0.1, 0.15) is 16.1 Å². The molecule has 1 aromatic carbocycles. The number of hydrogen-bond acceptors (Lipinski definition) is 3. The molecule has 3 N–H and O–H groups in total. The van der Waals surface area contributed by atoms with Crippen molar-refractivity contribution in [3.05, 3.63) is 41.7 Å². The van der Waals surface area contributed by atoms with Crippen LogP contribution in [0.3, 0.4) is 0 Å². The maximum Gasteiger partial charge on any atom is 0.276 e. The molecule has 0 aliphatic carbocycles. The SMILES string of the molecule is Nc1cccc2c1CCN2C(=O)c1ccn[nH]1. The van der Waals surface area contributed by atoms with E-state index in [1.165, 1.54) is 0 Å². The number of nitrogen functional groups attached to an aromatic ring is 1. The van der Waals surface area contributed by atoms with Gasteiger partial charge < -0.3 is 10.6 Å². The molecular weight excluding hydrogens is 216 g/mol. The zero-order valence-corrected chi connectivity index (χ0v) is 9.18. The van der Waals surface area contributed by atoms with Crippen molar-refractivity contribution in [3.63, 3.8) is 0 Å². The summed E-state index contributed by atoms with van der Waals surface area (Å²) in [6.07, 6.45) is 2.38. The second-order valence-electron chi connectivity index (χ2n) is 4.02. The standard InChI is InChI=1S/C12H12N4O/c13-9-2-1-3-11-8(9)5-7-16(11)12(17)10-4-6-14-15-10/h1-4,6H,5,7,13H2,(H,14,15). The van der Waals surface area contributed by atoms with Crippen LogP contribution in [0.25, 0.3) is 0 Å². The van der Waals surface area contributed by atoms with Crippen LogP contribution in [0.4, 0.5) is 11.4 Å². The van der Waals surface area contributed by atoms with Crippen molar-refractivity contribution in [3.8, 4) is 0 Å². The fourth-order valence-electron chi connectivity index (χ4n) is 2.19. The van der Waals surface area contributed by atoms with Gasteiger partial charge in [-0.2, -0.15) is 5.10 Å².